The molecule has 0 atom stereocenters. The van der Waals surface area contributed by atoms with Crippen LogP contribution in [0.25, 0.3) is 33.4 Å². The molecule has 0 radical (unpaired) electrons. The van der Waals surface area contributed by atoms with E-state index in [0.717, 1.165) is 39.2 Å². The van der Waals surface area contributed by atoms with Crippen molar-refractivity contribution in [3.05, 3.63) is 60.6 Å². The lowest BCUT2D eigenvalue weighted by molar-refractivity contribution is 0.415. The highest BCUT2D eigenvalue weighted by molar-refractivity contribution is 6.16. The van der Waals surface area contributed by atoms with Crippen molar-refractivity contribution in [1.82, 2.24) is 19.7 Å². The first-order chi connectivity index (χ1) is 12.7. The van der Waals surface area contributed by atoms with Crippen molar-refractivity contribution < 1.29 is 4.74 Å². The predicted molar refractivity (Wildman–Crippen MR) is 103 cm³/mol. The first kappa shape index (κ1) is 16.5. The molecule has 6 heteroatoms. The Morgan fingerprint density at radius 2 is 1.77 bits per heavy atom. The number of benzene rings is 2. The summed E-state index contributed by atoms with van der Waals surface area (Å²) in [6.07, 6.45) is 2.07. The first-order valence-corrected chi connectivity index (χ1v) is 8.73. The zero-order valence-electron chi connectivity index (χ0n) is 14.5. The molecule has 0 aliphatic heterocycles. The molecule has 0 aliphatic rings. The third-order valence-corrected chi connectivity index (χ3v) is 4.60. The van der Waals surface area contributed by atoms with Crippen molar-refractivity contribution >= 4 is 22.5 Å². The van der Waals surface area contributed by atoms with E-state index >= 15 is 0 Å². The Morgan fingerprint density at radius 3 is 2.50 bits per heavy atom. The van der Waals surface area contributed by atoms with Crippen molar-refractivity contribution in [2.75, 3.05) is 7.11 Å². The van der Waals surface area contributed by atoms with Crippen LogP contribution in [0.2, 0.25) is 0 Å². The Labute approximate surface area is 156 Å². The summed E-state index contributed by atoms with van der Waals surface area (Å²) in [6.45, 7) is 0. The number of rotatable bonds is 4. The van der Waals surface area contributed by atoms with Gasteiger partial charge in [-0.2, -0.15) is 0 Å². The molecule has 0 saturated carbocycles. The van der Waals surface area contributed by atoms with Gasteiger partial charge in [0.2, 0.25) is 0 Å². The van der Waals surface area contributed by atoms with E-state index in [1.807, 2.05) is 43.4 Å². The Kier molecular flexibility index (Phi) is 4.31. The van der Waals surface area contributed by atoms with Crippen molar-refractivity contribution in [2.45, 2.75) is 5.88 Å². The molecule has 4 rings (SSSR count). The molecule has 0 unspecified atom stereocenters. The quantitative estimate of drug-likeness (QED) is 0.502. The van der Waals surface area contributed by atoms with Crippen LogP contribution in [0.5, 0.6) is 5.75 Å². The van der Waals surface area contributed by atoms with Crippen molar-refractivity contribution in [2.24, 2.45) is 7.05 Å². The minimum atomic E-state index is 0.216. The number of para-hydroxylation sites is 1. The fourth-order valence-corrected chi connectivity index (χ4v) is 3.19. The number of aromatic nitrogens is 4. The van der Waals surface area contributed by atoms with Crippen LogP contribution in [0.1, 0.15) is 5.82 Å². The number of hydrogen-bond acceptors (Lipinski definition) is 4. The summed E-state index contributed by atoms with van der Waals surface area (Å²) in [7, 11) is 3.67. The van der Waals surface area contributed by atoms with Crippen LogP contribution in [-0.2, 0) is 12.9 Å². The largest absolute Gasteiger partial charge is 0.497 e. The lowest BCUT2D eigenvalue weighted by Gasteiger charge is -2.09. The summed E-state index contributed by atoms with van der Waals surface area (Å²) in [5, 5.41) is 9.70. The van der Waals surface area contributed by atoms with Gasteiger partial charge in [0.1, 0.15) is 17.1 Å². The second-order valence-electron chi connectivity index (χ2n) is 5.96. The van der Waals surface area contributed by atoms with E-state index in [2.05, 4.69) is 33.1 Å². The fraction of sp³-hybridized carbons (Fsp3) is 0.150. The number of nitrogens with zero attached hydrogens (tertiary/aromatic N) is 4. The molecule has 2 aromatic carbocycles. The van der Waals surface area contributed by atoms with Gasteiger partial charge >= 0.3 is 0 Å². The zero-order chi connectivity index (χ0) is 18.1. The van der Waals surface area contributed by atoms with Gasteiger partial charge in [-0.05, 0) is 30.3 Å². The summed E-state index contributed by atoms with van der Waals surface area (Å²) in [5.41, 5.74) is 4.56. The number of aryl methyl sites for hydroxylation is 1. The Hall–Kier alpha value is -2.92. The van der Waals surface area contributed by atoms with Gasteiger partial charge in [-0.25, -0.2) is 4.98 Å². The predicted octanol–water partition coefficient (Wildman–Crippen LogP) is 4.44. The number of alkyl halides is 1. The molecule has 2 aromatic heterocycles. The zero-order valence-corrected chi connectivity index (χ0v) is 15.2. The third-order valence-electron chi connectivity index (χ3n) is 4.37. The lowest BCUT2D eigenvalue weighted by atomic mass is 10.0. The number of halogens is 1. The number of fused-ring (bicyclic) bond motifs is 1. The molecule has 0 amide bonds. The van der Waals surface area contributed by atoms with E-state index in [4.69, 9.17) is 21.3 Å². The van der Waals surface area contributed by atoms with Gasteiger partial charge in [0.15, 0.2) is 5.82 Å². The molecule has 0 N–H and O–H groups in total. The SMILES string of the molecule is COc1ccc(-c2nnc(CCl)nc2-c2cn(C)c3ccccc23)cc1. The van der Waals surface area contributed by atoms with E-state index in [1.165, 1.54) is 0 Å². The second-order valence-corrected chi connectivity index (χ2v) is 6.23. The van der Waals surface area contributed by atoms with Gasteiger partial charge < -0.3 is 9.30 Å². The van der Waals surface area contributed by atoms with Crippen LogP contribution in [0.4, 0.5) is 0 Å². The molecule has 5 nitrogen and oxygen atoms in total. The van der Waals surface area contributed by atoms with Crippen LogP contribution in [-0.4, -0.2) is 26.9 Å². The van der Waals surface area contributed by atoms with Crippen molar-refractivity contribution in [3.63, 3.8) is 0 Å². The van der Waals surface area contributed by atoms with E-state index in [9.17, 15) is 0 Å². The maximum absolute atomic E-state index is 5.96. The summed E-state index contributed by atoms with van der Waals surface area (Å²) in [5.74, 6) is 1.51. The van der Waals surface area contributed by atoms with Crippen molar-refractivity contribution in [1.29, 1.82) is 0 Å². The normalized spacial score (nSPS) is 11.0. The molecular weight excluding hydrogens is 348 g/mol. The van der Waals surface area contributed by atoms with Crippen LogP contribution in [0, 0.1) is 0 Å². The molecule has 4 aromatic rings. The van der Waals surface area contributed by atoms with E-state index in [1.54, 1.807) is 7.11 Å². The van der Waals surface area contributed by atoms with Gasteiger partial charge in [0.05, 0.1) is 13.0 Å². The third kappa shape index (κ3) is 2.80. The molecule has 130 valence electrons. The molecule has 0 bridgehead atoms. The highest BCUT2D eigenvalue weighted by atomic mass is 35.5. The summed E-state index contributed by atoms with van der Waals surface area (Å²) >= 11 is 5.96. The molecule has 0 spiro atoms. The molecular formula is C20H17ClN4O. The minimum Gasteiger partial charge on any atom is -0.497 e. The smallest absolute Gasteiger partial charge is 0.166 e. The van der Waals surface area contributed by atoms with Crippen LogP contribution >= 0.6 is 11.6 Å². The van der Waals surface area contributed by atoms with Gasteiger partial charge in [-0.1, -0.05) is 18.2 Å². The van der Waals surface area contributed by atoms with Crippen LogP contribution in [0.3, 0.4) is 0 Å². The second kappa shape index (κ2) is 6.77. The summed E-state index contributed by atoms with van der Waals surface area (Å²) in [4.78, 5) is 4.69. The maximum Gasteiger partial charge on any atom is 0.166 e. The average molecular weight is 365 g/mol. The molecule has 2 heterocycles. The molecule has 26 heavy (non-hydrogen) atoms. The van der Waals surface area contributed by atoms with E-state index < -0.39 is 0 Å². The minimum absolute atomic E-state index is 0.216. The van der Waals surface area contributed by atoms with Gasteiger partial charge in [-0.3, -0.25) is 0 Å². The number of ether oxygens (including phenoxy) is 1. The van der Waals surface area contributed by atoms with Crippen molar-refractivity contribution in [3.8, 4) is 28.3 Å². The van der Waals surface area contributed by atoms with Gasteiger partial charge in [-0.15, -0.1) is 21.8 Å². The highest BCUT2D eigenvalue weighted by Crippen LogP contribution is 2.35. The summed E-state index contributed by atoms with van der Waals surface area (Å²) in [6, 6.07) is 15.9. The number of hydrogen-bond donors (Lipinski definition) is 0. The monoisotopic (exact) mass is 364 g/mol. The number of methoxy groups -OCH3 is 1. The van der Waals surface area contributed by atoms with Crippen LogP contribution < -0.4 is 4.74 Å². The maximum atomic E-state index is 5.96. The van der Waals surface area contributed by atoms with E-state index in [0.29, 0.717) is 5.82 Å². The lowest BCUT2D eigenvalue weighted by Crippen LogP contribution is -2.01. The summed E-state index contributed by atoms with van der Waals surface area (Å²) < 4.78 is 7.33. The van der Waals surface area contributed by atoms with Gasteiger partial charge in [0.25, 0.3) is 0 Å². The molecule has 0 fully saturated rings. The molecule has 0 aliphatic carbocycles. The topological polar surface area (TPSA) is 52.8 Å². The average Bonchev–Trinajstić information content (AvgIpc) is 3.04. The molecule has 0 saturated heterocycles. The highest BCUT2D eigenvalue weighted by Gasteiger charge is 2.17. The fourth-order valence-electron chi connectivity index (χ4n) is 3.08. The Balaban J connectivity index is 1.96. The van der Waals surface area contributed by atoms with E-state index in [-0.39, 0.29) is 5.88 Å². The standard InChI is InChI=1S/C20H17ClN4O/c1-25-12-16(15-5-3-4-6-17(15)25)20-19(24-23-18(11-21)22-20)13-7-9-14(26-2)10-8-13/h3-10,12H,11H2,1-2H3. The Bertz CT molecular complexity index is 1070. The van der Waals surface area contributed by atoms with Gasteiger partial charge in [0, 0.05) is 35.3 Å². The first-order valence-electron chi connectivity index (χ1n) is 8.19. The Morgan fingerprint density at radius 1 is 1.00 bits per heavy atom. The van der Waals surface area contributed by atoms with Crippen LogP contribution in [0.15, 0.2) is 54.7 Å².